The van der Waals surface area contributed by atoms with E-state index in [9.17, 15) is 4.79 Å². The molecular weight excluding hydrogens is 426 g/mol. The van der Waals surface area contributed by atoms with Crippen LogP contribution in [0.4, 0.5) is 5.69 Å². The molecule has 2 aromatic heterocycles. The van der Waals surface area contributed by atoms with Crippen LogP contribution in [0.2, 0.25) is 0 Å². The van der Waals surface area contributed by atoms with E-state index >= 15 is 0 Å². The van der Waals surface area contributed by atoms with Crippen LogP contribution in [0, 0.1) is 13.8 Å². The summed E-state index contributed by atoms with van der Waals surface area (Å²) >= 11 is 0. The van der Waals surface area contributed by atoms with Crippen molar-refractivity contribution in [1.29, 1.82) is 0 Å². The van der Waals surface area contributed by atoms with Gasteiger partial charge in [0.2, 0.25) is 0 Å². The Morgan fingerprint density at radius 3 is 2.59 bits per heavy atom. The highest BCUT2D eigenvalue weighted by Gasteiger charge is 2.14. The van der Waals surface area contributed by atoms with Crippen LogP contribution in [-0.4, -0.2) is 15.7 Å². The van der Waals surface area contributed by atoms with Crippen molar-refractivity contribution < 1.29 is 13.9 Å². The number of anilines is 1. The van der Waals surface area contributed by atoms with E-state index in [2.05, 4.69) is 34.7 Å². The van der Waals surface area contributed by atoms with Crippen molar-refractivity contribution in [2.24, 2.45) is 0 Å². The maximum absolute atomic E-state index is 12.7. The Morgan fingerprint density at radius 1 is 0.971 bits per heavy atom. The third-order valence-electron chi connectivity index (χ3n) is 5.76. The van der Waals surface area contributed by atoms with Gasteiger partial charge in [0.25, 0.3) is 5.91 Å². The number of carbonyl (C=O) groups is 1. The zero-order valence-electron chi connectivity index (χ0n) is 19.1. The first-order chi connectivity index (χ1) is 16.6. The largest absolute Gasteiger partial charge is 0.485 e. The summed E-state index contributed by atoms with van der Waals surface area (Å²) < 4.78 is 13.4. The van der Waals surface area contributed by atoms with E-state index < -0.39 is 0 Å². The van der Waals surface area contributed by atoms with Crippen molar-refractivity contribution in [3.63, 3.8) is 0 Å². The van der Waals surface area contributed by atoms with Gasteiger partial charge in [-0.25, -0.2) is 0 Å². The molecule has 0 unspecified atom stereocenters. The minimum Gasteiger partial charge on any atom is -0.485 e. The van der Waals surface area contributed by atoms with E-state index in [1.54, 1.807) is 18.3 Å². The lowest BCUT2D eigenvalue weighted by molar-refractivity contribution is 0.0992. The number of nitrogens with zero attached hydrogens (tertiary/aromatic N) is 2. The smallest absolute Gasteiger partial charge is 0.291 e. The van der Waals surface area contributed by atoms with Crippen LogP contribution in [0.3, 0.4) is 0 Å². The fourth-order valence-corrected chi connectivity index (χ4v) is 4.06. The Labute approximate surface area is 197 Å². The van der Waals surface area contributed by atoms with Gasteiger partial charge in [-0.15, -0.1) is 0 Å². The fourth-order valence-electron chi connectivity index (χ4n) is 4.06. The molecule has 0 spiro atoms. The Balaban J connectivity index is 1.22. The molecule has 0 aliphatic carbocycles. The quantitative estimate of drug-likeness (QED) is 0.323. The SMILES string of the molecule is Cc1cccc(C)c1OCc1ccc(C(=O)Nc2cnn(Cc3cccc4ccccc34)c2)o1. The highest BCUT2D eigenvalue weighted by Crippen LogP contribution is 2.24. The van der Waals surface area contributed by atoms with Crippen LogP contribution in [0.25, 0.3) is 10.8 Å². The van der Waals surface area contributed by atoms with Gasteiger partial charge >= 0.3 is 0 Å². The van der Waals surface area contributed by atoms with Crippen LogP contribution in [0.5, 0.6) is 5.75 Å². The number of amides is 1. The normalized spacial score (nSPS) is 11.0. The number of hydrogen-bond donors (Lipinski definition) is 1. The van der Waals surface area contributed by atoms with Crippen molar-refractivity contribution in [3.05, 3.63) is 113 Å². The summed E-state index contributed by atoms with van der Waals surface area (Å²) in [4.78, 5) is 12.7. The van der Waals surface area contributed by atoms with Crippen LogP contribution in [-0.2, 0) is 13.2 Å². The minimum absolute atomic E-state index is 0.224. The number of fused-ring (bicyclic) bond motifs is 1. The maximum atomic E-state index is 12.7. The van der Waals surface area contributed by atoms with Gasteiger partial charge in [0.05, 0.1) is 18.4 Å². The average Bonchev–Trinajstić information content (AvgIpc) is 3.49. The molecule has 0 aliphatic heterocycles. The third-order valence-corrected chi connectivity index (χ3v) is 5.76. The van der Waals surface area contributed by atoms with Gasteiger partial charge < -0.3 is 14.5 Å². The molecule has 1 amide bonds. The molecule has 34 heavy (non-hydrogen) atoms. The number of rotatable bonds is 7. The Morgan fingerprint density at radius 2 is 1.74 bits per heavy atom. The molecule has 170 valence electrons. The molecule has 2 heterocycles. The van der Waals surface area contributed by atoms with Crippen LogP contribution in [0.1, 0.15) is 33.0 Å². The molecule has 1 N–H and O–H groups in total. The highest BCUT2D eigenvalue weighted by molar-refractivity contribution is 6.02. The summed E-state index contributed by atoms with van der Waals surface area (Å²) in [7, 11) is 0. The van der Waals surface area contributed by atoms with Gasteiger partial charge in [0, 0.05) is 6.20 Å². The van der Waals surface area contributed by atoms with Gasteiger partial charge in [0.1, 0.15) is 18.1 Å². The van der Waals surface area contributed by atoms with Crippen LogP contribution < -0.4 is 10.1 Å². The van der Waals surface area contributed by atoms with Crippen molar-refractivity contribution in [2.75, 3.05) is 5.32 Å². The van der Waals surface area contributed by atoms with Crippen molar-refractivity contribution >= 4 is 22.4 Å². The summed E-state index contributed by atoms with van der Waals surface area (Å²) in [6, 6.07) is 23.9. The molecule has 3 aromatic carbocycles. The van der Waals surface area contributed by atoms with E-state index in [4.69, 9.17) is 9.15 Å². The molecule has 0 fully saturated rings. The van der Waals surface area contributed by atoms with Gasteiger partial charge in [-0.1, -0.05) is 60.7 Å². The van der Waals surface area contributed by atoms with Crippen molar-refractivity contribution in [1.82, 2.24) is 9.78 Å². The number of hydrogen-bond acceptors (Lipinski definition) is 4. The number of ether oxygens (including phenoxy) is 1. The Bertz CT molecular complexity index is 1440. The monoisotopic (exact) mass is 451 g/mol. The molecule has 0 radical (unpaired) electrons. The zero-order valence-corrected chi connectivity index (χ0v) is 19.1. The van der Waals surface area contributed by atoms with Gasteiger partial charge in [0.15, 0.2) is 5.76 Å². The lowest BCUT2D eigenvalue weighted by Gasteiger charge is -2.10. The van der Waals surface area contributed by atoms with Crippen molar-refractivity contribution in [2.45, 2.75) is 27.0 Å². The summed E-state index contributed by atoms with van der Waals surface area (Å²) in [5.74, 6) is 1.31. The molecule has 5 rings (SSSR count). The van der Waals surface area contributed by atoms with Crippen molar-refractivity contribution in [3.8, 4) is 5.75 Å². The molecule has 0 aliphatic rings. The molecule has 0 atom stereocenters. The summed E-state index contributed by atoms with van der Waals surface area (Å²) in [5, 5.41) is 9.63. The number of aromatic nitrogens is 2. The van der Waals surface area contributed by atoms with Gasteiger partial charge in [-0.3, -0.25) is 9.48 Å². The second kappa shape index (κ2) is 9.27. The number of benzene rings is 3. The molecule has 0 saturated heterocycles. The molecular formula is C28H25N3O3. The van der Waals surface area contributed by atoms with E-state index in [0.29, 0.717) is 18.0 Å². The average molecular weight is 452 g/mol. The standard InChI is InChI=1S/C28H25N3O3/c1-19-7-5-8-20(2)27(19)33-18-24-13-14-26(34-24)28(32)30-23-15-29-31(17-23)16-22-11-6-10-21-9-3-4-12-25(21)22/h3-15,17H,16,18H2,1-2H3,(H,30,32). The molecule has 6 nitrogen and oxygen atoms in total. The summed E-state index contributed by atoms with van der Waals surface area (Å²) in [6.45, 7) is 4.87. The molecule has 0 saturated carbocycles. The van der Waals surface area contributed by atoms with Crippen LogP contribution in [0.15, 0.2) is 89.6 Å². The second-order valence-electron chi connectivity index (χ2n) is 8.29. The van der Waals surface area contributed by atoms with E-state index in [0.717, 1.165) is 16.9 Å². The Hall–Kier alpha value is -4.32. The first-order valence-electron chi connectivity index (χ1n) is 11.1. The first-order valence-corrected chi connectivity index (χ1v) is 11.1. The number of para-hydroxylation sites is 1. The zero-order chi connectivity index (χ0) is 23.5. The number of carbonyl (C=O) groups excluding carboxylic acids is 1. The highest BCUT2D eigenvalue weighted by atomic mass is 16.5. The van der Waals surface area contributed by atoms with Crippen LogP contribution >= 0.6 is 0 Å². The predicted octanol–water partition coefficient (Wildman–Crippen LogP) is 6.13. The number of furan rings is 1. The van der Waals surface area contributed by atoms with Gasteiger partial charge in [-0.2, -0.15) is 5.10 Å². The fraction of sp³-hybridized carbons (Fsp3) is 0.143. The molecule has 0 bridgehead atoms. The minimum atomic E-state index is -0.331. The van der Waals surface area contributed by atoms with E-state index in [-0.39, 0.29) is 18.3 Å². The molecule has 5 aromatic rings. The van der Waals surface area contributed by atoms with Gasteiger partial charge in [-0.05, 0) is 53.4 Å². The second-order valence-corrected chi connectivity index (χ2v) is 8.29. The molecule has 6 heteroatoms. The van der Waals surface area contributed by atoms with E-state index in [1.165, 1.54) is 16.3 Å². The first kappa shape index (κ1) is 21.5. The third kappa shape index (κ3) is 4.57. The number of aryl methyl sites for hydroxylation is 2. The Kier molecular flexibility index (Phi) is 5.87. The maximum Gasteiger partial charge on any atom is 0.291 e. The topological polar surface area (TPSA) is 69.3 Å². The van der Waals surface area contributed by atoms with E-state index in [1.807, 2.05) is 61.1 Å². The number of nitrogens with one attached hydrogen (secondary N) is 1. The lowest BCUT2D eigenvalue weighted by atomic mass is 10.0. The lowest BCUT2D eigenvalue weighted by Crippen LogP contribution is -2.10. The summed E-state index contributed by atoms with van der Waals surface area (Å²) in [6.07, 6.45) is 3.45. The summed E-state index contributed by atoms with van der Waals surface area (Å²) in [5.41, 5.74) is 3.89. The predicted molar refractivity (Wildman–Crippen MR) is 132 cm³/mol.